The molecular weight excluding hydrogens is 350 g/mol. The van der Waals surface area contributed by atoms with Crippen LogP contribution >= 0.6 is 0 Å². The second-order valence-electron chi connectivity index (χ2n) is 6.22. The predicted octanol–water partition coefficient (Wildman–Crippen LogP) is 3.34. The standard InChI is InChI=1S/C20H23NO6/c1-11(2)14-10-15(12(3)7-16(14)22)21-27-20(23)13-8-17(24-4)19(26-6)18(9-13)25-5/h7-11H,1-6H3/b21-15+. The molecule has 0 saturated carbocycles. The minimum Gasteiger partial charge on any atom is -0.493 e. The lowest BCUT2D eigenvalue weighted by Gasteiger charge is -2.15. The van der Waals surface area contributed by atoms with Gasteiger partial charge in [-0.15, -0.1) is 0 Å². The first-order chi connectivity index (χ1) is 12.8. The Morgan fingerprint density at radius 1 is 1.00 bits per heavy atom. The van der Waals surface area contributed by atoms with Crippen LogP contribution in [0.4, 0.5) is 0 Å². The van der Waals surface area contributed by atoms with E-state index in [9.17, 15) is 9.59 Å². The molecule has 27 heavy (non-hydrogen) atoms. The molecule has 1 aromatic rings. The topological polar surface area (TPSA) is 83.4 Å². The summed E-state index contributed by atoms with van der Waals surface area (Å²) in [6.07, 6.45) is 3.13. The molecule has 1 aromatic carbocycles. The number of hydrogen-bond donors (Lipinski definition) is 0. The van der Waals surface area contributed by atoms with Gasteiger partial charge in [-0.25, -0.2) is 4.79 Å². The van der Waals surface area contributed by atoms with Gasteiger partial charge in [0, 0.05) is 5.57 Å². The maximum atomic E-state index is 12.4. The van der Waals surface area contributed by atoms with Gasteiger partial charge in [-0.1, -0.05) is 19.0 Å². The summed E-state index contributed by atoms with van der Waals surface area (Å²) in [5.41, 5.74) is 1.86. The molecule has 0 fully saturated rings. The number of ether oxygens (including phenoxy) is 3. The molecule has 0 unspecified atom stereocenters. The summed E-state index contributed by atoms with van der Waals surface area (Å²) >= 11 is 0. The van der Waals surface area contributed by atoms with Crippen LogP contribution in [0.3, 0.4) is 0 Å². The molecule has 0 amide bonds. The van der Waals surface area contributed by atoms with Gasteiger partial charge in [-0.3, -0.25) is 4.79 Å². The van der Waals surface area contributed by atoms with Crippen molar-refractivity contribution in [3.63, 3.8) is 0 Å². The van der Waals surface area contributed by atoms with Gasteiger partial charge in [0.05, 0.1) is 26.9 Å². The van der Waals surface area contributed by atoms with Crippen molar-refractivity contribution in [3.05, 3.63) is 41.0 Å². The fourth-order valence-corrected chi connectivity index (χ4v) is 2.58. The van der Waals surface area contributed by atoms with Crippen molar-refractivity contribution in [3.8, 4) is 17.2 Å². The Hall–Kier alpha value is -3.09. The molecule has 0 bridgehead atoms. The Morgan fingerprint density at radius 3 is 2.07 bits per heavy atom. The number of benzene rings is 1. The van der Waals surface area contributed by atoms with Crippen LogP contribution in [0.5, 0.6) is 17.2 Å². The normalized spacial score (nSPS) is 15.4. The van der Waals surface area contributed by atoms with E-state index in [1.54, 1.807) is 13.0 Å². The fraction of sp³-hybridized carbons (Fsp3) is 0.350. The molecule has 0 atom stereocenters. The van der Waals surface area contributed by atoms with Gasteiger partial charge in [-0.2, -0.15) is 0 Å². The summed E-state index contributed by atoms with van der Waals surface area (Å²) in [6, 6.07) is 2.96. The van der Waals surface area contributed by atoms with Gasteiger partial charge >= 0.3 is 5.97 Å². The van der Waals surface area contributed by atoms with Crippen molar-refractivity contribution >= 4 is 17.5 Å². The van der Waals surface area contributed by atoms with Gasteiger partial charge in [0.15, 0.2) is 17.3 Å². The Kier molecular flexibility index (Phi) is 6.39. The van der Waals surface area contributed by atoms with Crippen LogP contribution in [0.1, 0.15) is 31.1 Å². The Balaban J connectivity index is 2.31. The molecule has 1 aliphatic rings. The second-order valence-corrected chi connectivity index (χ2v) is 6.22. The van der Waals surface area contributed by atoms with Gasteiger partial charge in [-0.05, 0) is 42.7 Å². The lowest BCUT2D eigenvalue weighted by Crippen LogP contribution is -2.16. The highest BCUT2D eigenvalue weighted by Crippen LogP contribution is 2.38. The molecule has 0 radical (unpaired) electrons. The number of ketones is 1. The summed E-state index contributed by atoms with van der Waals surface area (Å²) in [5, 5.41) is 3.92. The Bertz CT molecular complexity index is 823. The van der Waals surface area contributed by atoms with E-state index in [4.69, 9.17) is 19.0 Å². The molecule has 2 rings (SSSR count). The van der Waals surface area contributed by atoms with E-state index in [-0.39, 0.29) is 17.3 Å². The number of rotatable bonds is 6. The van der Waals surface area contributed by atoms with E-state index in [0.717, 1.165) is 0 Å². The third-order valence-electron chi connectivity index (χ3n) is 4.08. The molecule has 7 heteroatoms. The molecule has 0 aromatic heterocycles. The van der Waals surface area contributed by atoms with E-state index >= 15 is 0 Å². The van der Waals surface area contributed by atoms with Crippen LogP contribution in [0, 0.1) is 5.92 Å². The number of hydrogen-bond acceptors (Lipinski definition) is 7. The van der Waals surface area contributed by atoms with Crippen LogP contribution in [-0.4, -0.2) is 38.8 Å². The van der Waals surface area contributed by atoms with Crippen LogP contribution in [-0.2, 0) is 9.63 Å². The zero-order valence-electron chi connectivity index (χ0n) is 16.3. The van der Waals surface area contributed by atoms with Crippen LogP contribution < -0.4 is 14.2 Å². The second kappa shape index (κ2) is 8.53. The third kappa shape index (κ3) is 4.36. The third-order valence-corrected chi connectivity index (χ3v) is 4.08. The number of carbonyl (C=O) groups excluding carboxylic acids is 2. The Morgan fingerprint density at radius 2 is 1.59 bits per heavy atom. The van der Waals surface area contributed by atoms with E-state index in [2.05, 4.69) is 5.16 Å². The first kappa shape index (κ1) is 20.2. The maximum absolute atomic E-state index is 12.4. The lowest BCUT2D eigenvalue weighted by atomic mass is 9.90. The minimum absolute atomic E-state index is 0.0397. The smallest absolute Gasteiger partial charge is 0.366 e. The number of methoxy groups -OCH3 is 3. The number of oxime groups is 1. The highest BCUT2D eigenvalue weighted by Gasteiger charge is 2.21. The highest BCUT2D eigenvalue weighted by molar-refractivity contribution is 6.21. The largest absolute Gasteiger partial charge is 0.493 e. The molecule has 0 saturated heterocycles. The first-order valence-corrected chi connectivity index (χ1v) is 8.36. The summed E-state index contributed by atoms with van der Waals surface area (Å²) in [7, 11) is 4.39. The maximum Gasteiger partial charge on any atom is 0.366 e. The zero-order valence-corrected chi connectivity index (χ0v) is 16.3. The van der Waals surface area contributed by atoms with Gasteiger partial charge in [0.25, 0.3) is 0 Å². The first-order valence-electron chi connectivity index (χ1n) is 8.36. The van der Waals surface area contributed by atoms with Crippen LogP contribution in [0.2, 0.25) is 0 Å². The fourth-order valence-electron chi connectivity index (χ4n) is 2.58. The van der Waals surface area contributed by atoms with Gasteiger partial charge in [0.2, 0.25) is 5.75 Å². The number of allylic oxidation sites excluding steroid dienone is 4. The van der Waals surface area contributed by atoms with Crippen molar-refractivity contribution in [2.75, 3.05) is 21.3 Å². The zero-order chi connectivity index (χ0) is 20.1. The van der Waals surface area contributed by atoms with Crippen LogP contribution in [0.25, 0.3) is 0 Å². The van der Waals surface area contributed by atoms with Crippen molar-refractivity contribution in [2.45, 2.75) is 20.8 Å². The highest BCUT2D eigenvalue weighted by atomic mass is 16.7. The average molecular weight is 373 g/mol. The van der Waals surface area contributed by atoms with E-state index in [0.29, 0.717) is 34.1 Å². The van der Waals surface area contributed by atoms with Crippen molar-refractivity contribution < 1.29 is 28.6 Å². The average Bonchev–Trinajstić information content (AvgIpc) is 2.65. The Labute approximate surface area is 158 Å². The number of carbonyl (C=O) groups is 2. The van der Waals surface area contributed by atoms with E-state index < -0.39 is 5.97 Å². The summed E-state index contributed by atoms with van der Waals surface area (Å²) in [5.74, 6) is 0.328. The monoisotopic (exact) mass is 373 g/mol. The molecule has 0 N–H and O–H groups in total. The lowest BCUT2D eigenvalue weighted by molar-refractivity contribution is -0.111. The quantitative estimate of drug-likeness (QED) is 0.432. The van der Waals surface area contributed by atoms with E-state index in [1.807, 2.05) is 13.8 Å². The minimum atomic E-state index is -0.689. The van der Waals surface area contributed by atoms with Crippen LogP contribution in [0.15, 0.2) is 40.6 Å². The van der Waals surface area contributed by atoms with Crippen molar-refractivity contribution in [1.82, 2.24) is 0 Å². The molecular formula is C20H23NO6. The molecule has 0 aliphatic heterocycles. The number of nitrogens with zero attached hydrogens (tertiary/aromatic N) is 1. The van der Waals surface area contributed by atoms with Crippen molar-refractivity contribution in [1.29, 1.82) is 0 Å². The summed E-state index contributed by atoms with van der Waals surface area (Å²) < 4.78 is 15.7. The molecule has 1 aliphatic carbocycles. The molecule has 0 spiro atoms. The SMILES string of the molecule is COc1cc(C(=O)O/N=C2\C=C(C(C)C)C(=O)C=C2C)cc(OC)c1OC. The predicted molar refractivity (Wildman–Crippen MR) is 101 cm³/mol. The van der Waals surface area contributed by atoms with Crippen molar-refractivity contribution in [2.24, 2.45) is 11.1 Å². The molecule has 144 valence electrons. The molecule has 7 nitrogen and oxygen atoms in total. The summed E-state index contributed by atoms with van der Waals surface area (Å²) in [6.45, 7) is 5.56. The summed E-state index contributed by atoms with van der Waals surface area (Å²) in [4.78, 5) is 29.5. The molecule has 0 heterocycles. The van der Waals surface area contributed by atoms with E-state index in [1.165, 1.54) is 39.5 Å². The van der Waals surface area contributed by atoms with Gasteiger partial charge < -0.3 is 19.0 Å². The van der Waals surface area contributed by atoms with Gasteiger partial charge in [0.1, 0.15) is 5.71 Å².